The number of rotatable bonds is 3. The maximum atomic E-state index is 12.4. The molecule has 0 N–H and O–H groups in total. The van der Waals surface area contributed by atoms with Crippen LogP contribution in [0.4, 0.5) is 5.82 Å². The molecule has 0 bridgehead atoms. The first-order valence-corrected chi connectivity index (χ1v) is 7.45. The third-order valence-electron chi connectivity index (χ3n) is 3.97. The van der Waals surface area contributed by atoms with Crippen LogP contribution < -0.4 is 4.90 Å². The number of nitrogens with zero attached hydrogens (tertiary/aromatic N) is 5. The van der Waals surface area contributed by atoms with E-state index < -0.39 is 0 Å². The van der Waals surface area contributed by atoms with Crippen LogP contribution in [0.5, 0.6) is 0 Å². The molecule has 0 radical (unpaired) electrons. The van der Waals surface area contributed by atoms with Gasteiger partial charge in [-0.15, -0.1) is 0 Å². The normalized spacial score (nSPS) is 17.8. The monoisotopic (exact) mass is 311 g/mol. The molecule has 2 aromatic heterocycles. The number of carbonyl (C=O) groups is 1. The molecule has 1 amide bonds. The van der Waals surface area contributed by atoms with Crippen LogP contribution in [-0.4, -0.2) is 46.5 Å². The van der Waals surface area contributed by atoms with E-state index in [1.54, 1.807) is 24.8 Å². The zero-order valence-corrected chi connectivity index (χ0v) is 12.8. The molecule has 0 spiro atoms. The fraction of sp³-hybridized carbons (Fsp3) is 0.375. The fourth-order valence-corrected chi connectivity index (χ4v) is 2.83. The molecule has 118 valence electrons. The first-order valence-electron chi connectivity index (χ1n) is 7.45. The number of hydrogen-bond donors (Lipinski definition) is 0. The number of amides is 1. The Morgan fingerprint density at radius 1 is 1.43 bits per heavy atom. The molecule has 7 nitrogen and oxygen atoms in total. The molecule has 0 saturated carbocycles. The van der Waals surface area contributed by atoms with Crippen molar-refractivity contribution in [2.24, 2.45) is 0 Å². The highest BCUT2D eigenvalue weighted by Gasteiger charge is 2.29. The van der Waals surface area contributed by atoms with E-state index in [0.29, 0.717) is 37.6 Å². The summed E-state index contributed by atoms with van der Waals surface area (Å²) in [5.74, 6) is 0.669. The summed E-state index contributed by atoms with van der Waals surface area (Å²) in [4.78, 5) is 24.6. The van der Waals surface area contributed by atoms with Crippen molar-refractivity contribution in [2.45, 2.75) is 19.4 Å². The van der Waals surface area contributed by atoms with Crippen molar-refractivity contribution in [1.82, 2.24) is 14.9 Å². The topological polar surface area (TPSA) is 86.3 Å². The van der Waals surface area contributed by atoms with Crippen LogP contribution in [0.3, 0.4) is 0 Å². The van der Waals surface area contributed by atoms with Crippen LogP contribution in [0.1, 0.15) is 18.2 Å². The van der Waals surface area contributed by atoms with Crippen LogP contribution in [-0.2, 0) is 11.2 Å². The van der Waals surface area contributed by atoms with Crippen molar-refractivity contribution in [3.05, 3.63) is 42.2 Å². The van der Waals surface area contributed by atoms with Crippen LogP contribution in [0, 0.1) is 11.3 Å². The largest absolute Gasteiger partial charge is 0.472 e. The lowest BCUT2D eigenvalue weighted by atomic mass is 10.1. The van der Waals surface area contributed by atoms with E-state index in [9.17, 15) is 4.79 Å². The van der Waals surface area contributed by atoms with Crippen LogP contribution in [0.25, 0.3) is 0 Å². The van der Waals surface area contributed by atoms with E-state index in [0.717, 1.165) is 5.56 Å². The molecular weight excluding hydrogens is 294 g/mol. The number of carbonyl (C=O) groups excluding carboxylic acids is 1. The van der Waals surface area contributed by atoms with Gasteiger partial charge in [-0.1, -0.05) is 0 Å². The first kappa shape index (κ1) is 15.0. The van der Waals surface area contributed by atoms with Gasteiger partial charge in [0, 0.05) is 38.1 Å². The van der Waals surface area contributed by atoms with Crippen molar-refractivity contribution in [3.63, 3.8) is 0 Å². The van der Waals surface area contributed by atoms with E-state index in [-0.39, 0.29) is 11.9 Å². The minimum atomic E-state index is 0.0386. The zero-order valence-electron chi connectivity index (χ0n) is 12.8. The second kappa shape index (κ2) is 6.48. The highest BCUT2D eigenvalue weighted by Crippen LogP contribution is 2.20. The predicted molar refractivity (Wildman–Crippen MR) is 82.5 cm³/mol. The molecule has 23 heavy (non-hydrogen) atoms. The Bertz CT molecular complexity index is 722. The minimum Gasteiger partial charge on any atom is -0.472 e. The third kappa shape index (κ3) is 3.16. The average molecular weight is 311 g/mol. The van der Waals surface area contributed by atoms with Gasteiger partial charge in [0.15, 0.2) is 11.5 Å². The summed E-state index contributed by atoms with van der Waals surface area (Å²) in [5, 5.41) is 9.15. The Kier molecular flexibility index (Phi) is 4.24. The second-order valence-corrected chi connectivity index (χ2v) is 5.53. The van der Waals surface area contributed by atoms with Gasteiger partial charge in [0.1, 0.15) is 6.07 Å². The smallest absolute Gasteiger partial charge is 0.227 e. The summed E-state index contributed by atoms with van der Waals surface area (Å²) >= 11 is 0. The number of piperazine rings is 1. The maximum Gasteiger partial charge on any atom is 0.227 e. The van der Waals surface area contributed by atoms with E-state index in [1.165, 1.54) is 6.20 Å². The number of furan rings is 1. The van der Waals surface area contributed by atoms with Gasteiger partial charge >= 0.3 is 0 Å². The van der Waals surface area contributed by atoms with Crippen molar-refractivity contribution in [1.29, 1.82) is 5.26 Å². The van der Waals surface area contributed by atoms with E-state index in [4.69, 9.17) is 9.68 Å². The molecular formula is C16H17N5O2. The van der Waals surface area contributed by atoms with Gasteiger partial charge in [0.05, 0.1) is 18.9 Å². The lowest BCUT2D eigenvalue weighted by Gasteiger charge is -2.40. The number of nitriles is 1. The third-order valence-corrected chi connectivity index (χ3v) is 3.97. The lowest BCUT2D eigenvalue weighted by Crippen LogP contribution is -2.54. The standard InChI is InChI=1S/C16H17N5O2/c1-12-10-20(16-14(9-17)18-3-4-19-16)5-6-21(12)15(22)8-13-2-7-23-11-13/h2-4,7,11-12H,5-6,8,10H2,1H3. The van der Waals surface area contributed by atoms with Crippen molar-refractivity contribution >= 4 is 11.7 Å². The maximum absolute atomic E-state index is 12.4. The Hall–Kier alpha value is -2.88. The lowest BCUT2D eigenvalue weighted by molar-refractivity contribution is -0.132. The molecule has 1 aliphatic rings. The summed E-state index contributed by atoms with van der Waals surface area (Å²) in [6.45, 7) is 3.86. The van der Waals surface area contributed by atoms with Crippen molar-refractivity contribution < 1.29 is 9.21 Å². The van der Waals surface area contributed by atoms with Crippen LogP contribution in [0.15, 0.2) is 35.4 Å². The summed E-state index contributed by atoms with van der Waals surface area (Å²) in [6.07, 6.45) is 6.60. The average Bonchev–Trinajstić information content (AvgIpc) is 3.07. The molecule has 1 aliphatic heterocycles. The number of hydrogen-bond acceptors (Lipinski definition) is 6. The minimum absolute atomic E-state index is 0.0386. The molecule has 0 aliphatic carbocycles. The highest BCUT2D eigenvalue weighted by molar-refractivity contribution is 5.79. The molecule has 3 rings (SSSR count). The van der Waals surface area contributed by atoms with Gasteiger partial charge in [-0.2, -0.15) is 5.26 Å². The Morgan fingerprint density at radius 3 is 2.96 bits per heavy atom. The van der Waals surface area contributed by atoms with Crippen LogP contribution >= 0.6 is 0 Å². The van der Waals surface area contributed by atoms with Gasteiger partial charge < -0.3 is 14.2 Å². The second-order valence-electron chi connectivity index (χ2n) is 5.53. The van der Waals surface area contributed by atoms with Crippen LogP contribution in [0.2, 0.25) is 0 Å². The molecule has 7 heteroatoms. The number of aromatic nitrogens is 2. The van der Waals surface area contributed by atoms with E-state index in [2.05, 4.69) is 16.0 Å². The number of anilines is 1. The molecule has 0 aromatic carbocycles. The molecule has 1 fully saturated rings. The summed E-state index contributed by atoms with van der Waals surface area (Å²) in [7, 11) is 0. The van der Waals surface area contributed by atoms with Gasteiger partial charge in [-0.3, -0.25) is 4.79 Å². The Labute approximate surface area is 134 Å². The van der Waals surface area contributed by atoms with Gasteiger partial charge in [-0.05, 0) is 18.6 Å². The summed E-state index contributed by atoms with van der Waals surface area (Å²) < 4.78 is 5.01. The molecule has 2 aromatic rings. The molecule has 3 heterocycles. The highest BCUT2D eigenvalue weighted by atomic mass is 16.3. The van der Waals surface area contributed by atoms with Crippen molar-refractivity contribution in [2.75, 3.05) is 24.5 Å². The van der Waals surface area contributed by atoms with E-state index >= 15 is 0 Å². The van der Waals surface area contributed by atoms with E-state index in [1.807, 2.05) is 16.7 Å². The first-order chi connectivity index (χ1) is 11.2. The van der Waals surface area contributed by atoms with Gasteiger partial charge in [-0.25, -0.2) is 9.97 Å². The Balaban J connectivity index is 1.68. The fourth-order valence-electron chi connectivity index (χ4n) is 2.83. The van der Waals surface area contributed by atoms with Gasteiger partial charge in [0.25, 0.3) is 0 Å². The van der Waals surface area contributed by atoms with Gasteiger partial charge in [0.2, 0.25) is 5.91 Å². The predicted octanol–water partition coefficient (Wildman–Crippen LogP) is 1.22. The summed E-state index contributed by atoms with van der Waals surface area (Å²) in [5.41, 5.74) is 1.20. The SMILES string of the molecule is CC1CN(c2nccnc2C#N)CCN1C(=O)Cc1ccoc1. The summed E-state index contributed by atoms with van der Waals surface area (Å²) in [6, 6.07) is 3.91. The Morgan fingerprint density at radius 2 is 2.26 bits per heavy atom. The molecule has 1 saturated heterocycles. The zero-order chi connectivity index (χ0) is 16.2. The quantitative estimate of drug-likeness (QED) is 0.847. The molecule has 1 atom stereocenters. The van der Waals surface area contributed by atoms with Crippen molar-refractivity contribution in [3.8, 4) is 6.07 Å². The molecule has 1 unspecified atom stereocenters.